The summed E-state index contributed by atoms with van der Waals surface area (Å²) < 4.78 is 6.50. The molecule has 132 valence electrons. The molecule has 2 aromatic rings. The lowest BCUT2D eigenvalue weighted by Crippen LogP contribution is -3.08. The van der Waals surface area contributed by atoms with Crippen molar-refractivity contribution in [2.75, 3.05) is 19.7 Å². The summed E-state index contributed by atoms with van der Waals surface area (Å²) in [5.74, 6) is 0.586. The zero-order valence-corrected chi connectivity index (χ0v) is 15.8. The average Bonchev–Trinajstić information content (AvgIpc) is 3.13. The van der Waals surface area contributed by atoms with E-state index in [4.69, 9.17) is 4.74 Å². The third-order valence-electron chi connectivity index (χ3n) is 4.53. The van der Waals surface area contributed by atoms with Gasteiger partial charge in [0.2, 0.25) is 0 Å². The predicted molar refractivity (Wildman–Crippen MR) is 102 cm³/mol. The van der Waals surface area contributed by atoms with E-state index in [1.807, 2.05) is 30.3 Å². The highest BCUT2D eigenvalue weighted by Crippen LogP contribution is 2.16. The molecule has 1 amide bonds. The van der Waals surface area contributed by atoms with E-state index in [9.17, 15) is 4.79 Å². The number of ether oxygens (including phenoxy) is 1. The van der Waals surface area contributed by atoms with Gasteiger partial charge >= 0.3 is 0 Å². The zero-order chi connectivity index (χ0) is 17.5. The van der Waals surface area contributed by atoms with E-state index >= 15 is 0 Å². The Kier molecular flexibility index (Phi) is 6.48. The number of nitrogens with one attached hydrogen (secondary N) is 2. The fraction of sp³-hybridized carbons (Fsp3) is 0.350. The highest BCUT2D eigenvalue weighted by atomic mass is 79.9. The minimum Gasteiger partial charge on any atom is -0.484 e. The Hall–Kier alpha value is -1.85. The van der Waals surface area contributed by atoms with Crippen LogP contribution in [0.3, 0.4) is 0 Å². The molecule has 2 N–H and O–H groups in total. The number of hydrogen-bond acceptors (Lipinski definition) is 2. The highest BCUT2D eigenvalue weighted by Gasteiger charge is 2.17. The minimum atomic E-state index is -0.105. The molecular formula is C20H24BrN2O2+. The Morgan fingerprint density at radius 1 is 1.04 bits per heavy atom. The molecule has 0 unspecified atom stereocenters. The van der Waals surface area contributed by atoms with Gasteiger partial charge in [0, 0.05) is 29.4 Å². The van der Waals surface area contributed by atoms with Gasteiger partial charge < -0.3 is 15.0 Å². The van der Waals surface area contributed by atoms with E-state index in [1.165, 1.54) is 37.1 Å². The highest BCUT2D eigenvalue weighted by molar-refractivity contribution is 9.10. The third-order valence-corrected chi connectivity index (χ3v) is 5.06. The standard InChI is InChI=1S/C20H23BrN2O2/c21-18-7-9-19(10-8-18)25-15-20(24)22-13-16-5-1-2-6-17(16)14-23-11-3-4-12-23/h1-2,5-10H,3-4,11-15H2,(H,22,24)/p+1. The van der Waals surface area contributed by atoms with Gasteiger partial charge in [-0.1, -0.05) is 40.2 Å². The first kappa shape index (κ1) is 18.0. The first-order chi connectivity index (χ1) is 12.2. The quantitative estimate of drug-likeness (QED) is 0.744. The van der Waals surface area contributed by atoms with Crippen molar-refractivity contribution in [3.63, 3.8) is 0 Å². The van der Waals surface area contributed by atoms with Crippen molar-refractivity contribution in [1.82, 2.24) is 5.32 Å². The molecular weight excluding hydrogens is 380 g/mol. The van der Waals surface area contributed by atoms with Gasteiger partial charge in [0.05, 0.1) is 13.1 Å². The number of benzene rings is 2. The van der Waals surface area contributed by atoms with E-state index in [-0.39, 0.29) is 12.5 Å². The van der Waals surface area contributed by atoms with E-state index in [0.717, 1.165) is 11.0 Å². The number of likely N-dealkylation sites (tertiary alicyclic amines) is 1. The molecule has 0 bridgehead atoms. The molecule has 2 aromatic carbocycles. The number of carbonyl (C=O) groups excluding carboxylic acids is 1. The maximum absolute atomic E-state index is 12.1. The van der Waals surface area contributed by atoms with Crippen LogP contribution in [0.15, 0.2) is 53.0 Å². The molecule has 0 aromatic heterocycles. The molecule has 1 heterocycles. The van der Waals surface area contributed by atoms with Crippen LogP contribution in [0.2, 0.25) is 0 Å². The second-order valence-electron chi connectivity index (χ2n) is 6.42. The molecule has 0 saturated carbocycles. The van der Waals surface area contributed by atoms with Gasteiger partial charge in [-0.05, 0) is 29.8 Å². The van der Waals surface area contributed by atoms with Crippen LogP contribution in [0, 0.1) is 0 Å². The molecule has 0 aliphatic carbocycles. The Balaban J connectivity index is 1.49. The largest absolute Gasteiger partial charge is 0.484 e. The molecule has 0 spiro atoms. The lowest BCUT2D eigenvalue weighted by molar-refractivity contribution is -0.901. The minimum absolute atomic E-state index is 0.0289. The van der Waals surface area contributed by atoms with Crippen LogP contribution in [-0.2, 0) is 17.9 Å². The van der Waals surface area contributed by atoms with Crippen LogP contribution in [-0.4, -0.2) is 25.6 Å². The fourth-order valence-corrected chi connectivity index (χ4v) is 3.41. The number of halogens is 1. The van der Waals surface area contributed by atoms with Crippen molar-refractivity contribution in [2.45, 2.75) is 25.9 Å². The summed E-state index contributed by atoms with van der Waals surface area (Å²) in [6.45, 7) is 4.12. The number of amides is 1. The van der Waals surface area contributed by atoms with Gasteiger partial charge in [-0.15, -0.1) is 0 Å². The fourth-order valence-electron chi connectivity index (χ4n) is 3.15. The summed E-state index contributed by atoms with van der Waals surface area (Å²) in [6, 6.07) is 15.8. The van der Waals surface area contributed by atoms with Gasteiger partial charge in [-0.3, -0.25) is 4.79 Å². The zero-order valence-electron chi connectivity index (χ0n) is 14.3. The lowest BCUT2D eigenvalue weighted by atomic mass is 10.1. The molecule has 1 aliphatic rings. The van der Waals surface area contributed by atoms with Crippen LogP contribution in [0.4, 0.5) is 0 Å². The predicted octanol–water partition coefficient (Wildman–Crippen LogP) is 2.32. The molecule has 0 atom stereocenters. The van der Waals surface area contributed by atoms with Crippen LogP contribution < -0.4 is 15.0 Å². The average molecular weight is 404 g/mol. The second kappa shape index (κ2) is 9.02. The van der Waals surface area contributed by atoms with Crippen molar-refractivity contribution in [3.05, 3.63) is 64.1 Å². The normalized spacial score (nSPS) is 14.4. The smallest absolute Gasteiger partial charge is 0.258 e. The Morgan fingerprint density at radius 3 is 2.44 bits per heavy atom. The molecule has 5 heteroatoms. The number of quaternary nitrogens is 1. The van der Waals surface area contributed by atoms with Gasteiger partial charge in [-0.25, -0.2) is 0 Å². The number of hydrogen-bond donors (Lipinski definition) is 2. The van der Waals surface area contributed by atoms with Crippen LogP contribution in [0.25, 0.3) is 0 Å². The Morgan fingerprint density at radius 2 is 1.72 bits per heavy atom. The van der Waals surface area contributed by atoms with Gasteiger partial charge in [0.25, 0.3) is 5.91 Å². The molecule has 1 saturated heterocycles. The number of carbonyl (C=O) groups is 1. The van der Waals surface area contributed by atoms with Gasteiger partial charge in [0.15, 0.2) is 6.61 Å². The van der Waals surface area contributed by atoms with E-state index in [1.54, 1.807) is 4.90 Å². The maximum atomic E-state index is 12.1. The molecule has 0 radical (unpaired) electrons. The summed E-state index contributed by atoms with van der Waals surface area (Å²) in [6.07, 6.45) is 2.64. The lowest BCUT2D eigenvalue weighted by Gasteiger charge is -2.15. The van der Waals surface area contributed by atoms with E-state index in [2.05, 4.69) is 39.4 Å². The van der Waals surface area contributed by atoms with Crippen molar-refractivity contribution < 1.29 is 14.4 Å². The van der Waals surface area contributed by atoms with Crippen molar-refractivity contribution in [1.29, 1.82) is 0 Å². The monoisotopic (exact) mass is 403 g/mol. The molecule has 1 aliphatic heterocycles. The SMILES string of the molecule is O=C(COc1ccc(Br)cc1)NCc1ccccc1C[NH+]1CCCC1. The Bertz CT molecular complexity index is 697. The van der Waals surface area contributed by atoms with Crippen molar-refractivity contribution in [3.8, 4) is 5.75 Å². The topological polar surface area (TPSA) is 42.8 Å². The van der Waals surface area contributed by atoms with E-state index < -0.39 is 0 Å². The van der Waals surface area contributed by atoms with Crippen LogP contribution in [0.1, 0.15) is 24.0 Å². The first-order valence-corrected chi connectivity index (χ1v) is 9.55. The summed E-state index contributed by atoms with van der Waals surface area (Å²) in [7, 11) is 0. The first-order valence-electron chi connectivity index (χ1n) is 8.76. The number of rotatable bonds is 7. The molecule has 4 nitrogen and oxygen atoms in total. The van der Waals surface area contributed by atoms with Crippen LogP contribution >= 0.6 is 15.9 Å². The van der Waals surface area contributed by atoms with Crippen molar-refractivity contribution in [2.24, 2.45) is 0 Å². The maximum Gasteiger partial charge on any atom is 0.258 e. The summed E-state index contributed by atoms with van der Waals surface area (Å²) in [4.78, 5) is 13.7. The van der Waals surface area contributed by atoms with Crippen LogP contribution in [0.5, 0.6) is 5.75 Å². The second-order valence-corrected chi connectivity index (χ2v) is 7.34. The van der Waals surface area contributed by atoms with Gasteiger partial charge in [-0.2, -0.15) is 0 Å². The summed E-state index contributed by atoms with van der Waals surface area (Å²) in [5.41, 5.74) is 2.52. The Labute approximate surface area is 157 Å². The molecule has 3 rings (SSSR count). The molecule has 25 heavy (non-hydrogen) atoms. The third kappa shape index (κ3) is 5.58. The summed E-state index contributed by atoms with van der Waals surface area (Å²) >= 11 is 3.38. The summed E-state index contributed by atoms with van der Waals surface area (Å²) in [5, 5.41) is 2.96. The van der Waals surface area contributed by atoms with Gasteiger partial charge in [0.1, 0.15) is 12.3 Å². The van der Waals surface area contributed by atoms with E-state index in [0.29, 0.717) is 12.3 Å². The molecule has 1 fully saturated rings. The van der Waals surface area contributed by atoms with Crippen molar-refractivity contribution >= 4 is 21.8 Å².